The Bertz CT molecular complexity index is 466. The summed E-state index contributed by atoms with van der Waals surface area (Å²) < 4.78 is 20.1. The molecule has 2 atom stereocenters. The predicted molar refractivity (Wildman–Crippen MR) is 85.0 cm³/mol. The third-order valence-electron chi connectivity index (χ3n) is 4.64. The number of nitrogens with zero attached hydrogens (tertiary/aromatic N) is 1. The molecule has 118 valence electrons. The number of likely N-dealkylation sites (N-methyl/N-ethyl adjacent to an activating group) is 1. The van der Waals surface area contributed by atoms with Crippen molar-refractivity contribution in [3.05, 3.63) is 30.1 Å². The molecule has 0 saturated carbocycles. The minimum Gasteiger partial charge on any atom is -0.378 e. The Kier molecular flexibility index (Phi) is 5.22. The van der Waals surface area contributed by atoms with Gasteiger partial charge in [0, 0.05) is 19.7 Å². The van der Waals surface area contributed by atoms with E-state index in [1.807, 2.05) is 12.1 Å². The molecule has 0 aromatic heterocycles. The average Bonchev–Trinajstić information content (AvgIpc) is 2.50. The van der Waals surface area contributed by atoms with Gasteiger partial charge < -0.3 is 15.4 Å². The molecule has 21 heavy (non-hydrogen) atoms. The first-order valence-corrected chi connectivity index (χ1v) is 7.88. The fourth-order valence-electron chi connectivity index (χ4n) is 3.34. The van der Waals surface area contributed by atoms with Gasteiger partial charge in [0.25, 0.3) is 0 Å². The van der Waals surface area contributed by atoms with Gasteiger partial charge in [-0.1, -0.05) is 26.0 Å². The standard InChI is InChI=1S/C17H27FN2O/c1-4-20(15-8-6-5-7-14(15)18)17(12-19)9-10-21-16(11-17)13(2)3/h5-8,13,16H,4,9-12,19H2,1-3H3. The molecule has 1 aliphatic heterocycles. The van der Waals surface area contributed by atoms with Gasteiger partial charge in [-0.3, -0.25) is 0 Å². The molecule has 0 spiro atoms. The summed E-state index contributed by atoms with van der Waals surface area (Å²) in [5, 5.41) is 0. The second-order valence-corrected chi connectivity index (χ2v) is 6.23. The summed E-state index contributed by atoms with van der Waals surface area (Å²) in [6, 6.07) is 6.96. The topological polar surface area (TPSA) is 38.5 Å². The molecule has 0 radical (unpaired) electrons. The van der Waals surface area contributed by atoms with Crippen LogP contribution in [0.3, 0.4) is 0 Å². The molecule has 0 amide bonds. The van der Waals surface area contributed by atoms with E-state index in [2.05, 4.69) is 25.7 Å². The first-order chi connectivity index (χ1) is 10.0. The van der Waals surface area contributed by atoms with Crippen molar-refractivity contribution in [2.45, 2.75) is 45.3 Å². The Hall–Kier alpha value is -1.13. The summed E-state index contributed by atoms with van der Waals surface area (Å²) in [5.41, 5.74) is 6.57. The number of hydrogen-bond donors (Lipinski definition) is 1. The highest BCUT2D eigenvalue weighted by Gasteiger charge is 2.42. The third kappa shape index (κ3) is 3.22. The molecular weight excluding hydrogens is 267 g/mol. The van der Waals surface area contributed by atoms with E-state index in [9.17, 15) is 4.39 Å². The fourth-order valence-corrected chi connectivity index (χ4v) is 3.34. The van der Waals surface area contributed by atoms with Crippen LogP contribution in [0.2, 0.25) is 0 Å². The zero-order valence-corrected chi connectivity index (χ0v) is 13.3. The smallest absolute Gasteiger partial charge is 0.146 e. The molecular formula is C17H27FN2O. The largest absolute Gasteiger partial charge is 0.378 e. The first kappa shape index (κ1) is 16.2. The van der Waals surface area contributed by atoms with Crippen molar-refractivity contribution < 1.29 is 9.13 Å². The lowest BCUT2D eigenvalue weighted by Gasteiger charge is -2.49. The summed E-state index contributed by atoms with van der Waals surface area (Å²) in [7, 11) is 0. The van der Waals surface area contributed by atoms with E-state index in [1.165, 1.54) is 6.07 Å². The van der Waals surface area contributed by atoms with E-state index in [0.29, 0.717) is 24.8 Å². The Morgan fingerprint density at radius 2 is 2.14 bits per heavy atom. The lowest BCUT2D eigenvalue weighted by atomic mass is 9.81. The second-order valence-electron chi connectivity index (χ2n) is 6.23. The van der Waals surface area contributed by atoms with Crippen molar-refractivity contribution in [3.8, 4) is 0 Å². The average molecular weight is 294 g/mol. The van der Waals surface area contributed by atoms with Crippen molar-refractivity contribution in [1.29, 1.82) is 0 Å². The molecule has 1 aliphatic rings. The van der Waals surface area contributed by atoms with E-state index < -0.39 is 0 Å². The summed E-state index contributed by atoms with van der Waals surface area (Å²) in [6.45, 7) is 8.33. The SMILES string of the molecule is CCN(c1ccccc1F)C1(CN)CCOC(C(C)C)C1. The van der Waals surface area contributed by atoms with Crippen LogP contribution in [-0.2, 0) is 4.74 Å². The van der Waals surface area contributed by atoms with Gasteiger partial charge in [-0.15, -0.1) is 0 Å². The molecule has 1 aromatic carbocycles. The van der Waals surface area contributed by atoms with Gasteiger partial charge in [0.05, 0.1) is 17.3 Å². The third-order valence-corrected chi connectivity index (χ3v) is 4.64. The van der Waals surface area contributed by atoms with Crippen molar-refractivity contribution in [3.63, 3.8) is 0 Å². The molecule has 2 N–H and O–H groups in total. The Morgan fingerprint density at radius 3 is 2.71 bits per heavy atom. The minimum absolute atomic E-state index is 0.181. The Balaban J connectivity index is 2.35. The number of para-hydroxylation sites is 1. The number of anilines is 1. The number of nitrogens with two attached hydrogens (primary N) is 1. The monoisotopic (exact) mass is 294 g/mol. The number of benzene rings is 1. The van der Waals surface area contributed by atoms with Crippen molar-refractivity contribution in [2.75, 3.05) is 24.6 Å². The molecule has 4 heteroatoms. The van der Waals surface area contributed by atoms with Gasteiger partial charge in [-0.2, -0.15) is 0 Å². The van der Waals surface area contributed by atoms with E-state index >= 15 is 0 Å². The van der Waals surface area contributed by atoms with Crippen LogP contribution in [0, 0.1) is 11.7 Å². The summed E-state index contributed by atoms with van der Waals surface area (Å²) >= 11 is 0. The highest BCUT2D eigenvalue weighted by atomic mass is 19.1. The van der Waals surface area contributed by atoms with Crippen LogP contribution in [0.15, 0.2) is 24.3 Å². The van der Waals surface area contributed by atoms with E-state index in [-0.39, 0.29) is 17.5 Å². The molecule has 0 bridgehead atoms. The summed E-state index contributed by atoms with van der Waals surface area (Å²) in [6.07, 6.45) is 1.88. The van der Waals surface area contributed by atoms with Crippen LogP contribution < -0.4 is 10.6 Å². The fraction of sp³-hybridized carbons (Fsp3) is 0.647. The molecule has 2 rings (SSSR count). The van der Waals surface area contributed by atoms with Crippen LogP contribution in [-0.4, -0.2) is 31.3 Å². The number of hydrogen-bond acceptors (Lipinski definition) is 3. The summed E-state index contributed by atoms with van der Waals surface area (Å²) in [5.74, 6) is 0.260. The van der Waals surface area contributed by atoms with E-state index in [0.717, 1.165) is 19.4 Å². The minimum atomic E-state index is -0.218. The molecule has 3 nitrogen and oxygen atoms in total. The molecule has 1 aromatic rings. The summed E-state index contributed by atoms with van der Waals surface area (Å²) in [4.78, 5) is 2.14. The normalized spacial score (nSPS) is 26.1. The van der Waals surface area contributed by atoms with Gasteiger partial charge in [-0.05, 0) is 37.8 Å². The number of ether oxygens (including phenoxy) is 1. The molecule has 1 saturated heterocycles. The van der Waals surface area contributed by atoms with Crippen molar-refractivity contribution in [2.24, 2.45) is 11.7 Å². The van der Waals surface area contributed by atoms with Gasteiger partial charge in [0.1, 0.15) is 5.82 Å². The quantitative estimate of drug-likeness (QED) is 0.906. The van der Waals surface area contributed by atoms with Crippen molar-refractivity contribution >= 4 is 5.69 Å². The van der Waals surface area contributed by atoms with Gasteiger partial charge in [0.2, 0.25) is 0 Å². The lowest BCUT2D eigenvalue weighted by molar-refractivity contribution is -0.0421. The zero-order chi connectivity index (χ0) is 15.5. The predicted octanol–water partition coefficient (Wildman–Crippen LogP) is 3.18. The maximum Gasteiger partial charge on any atom is 0.146 e. The molecule has 2 unspecified atom stereocenters. The van der Waals surface area contributed by atoms with E-state index in [1.54, 1.807) is 6.07 Å². The van der Waals surface area contributed by atoms with Gasteiger partial charge in [-0.25, -0.2) is 4.39 Å². The Morgan fingerprint density at radius 1 is 1.43 bits per heavy atom. The highest BCUT2D eigenvalue weighted by Crippen LogP contribution is 2.36. The molecule has 1 heterocycles. The van der Waals surface area contributed by atoms with Crippen molar-refractivity contribution in [1.82, 2.24) is 0 Å². The van der Waals surface area contributed by atoms with E-state index in [4.69, 9.17) is 10.5 Å². The Labute approximate surface area is 127 Å². The molecule has 1 fully saturated rings. The van der Waals surface area contributed by atoms with Gasteiger partial charge >= 0.3 is 0 Å². The maximum atomic E-state index is 14.2. The van der Waals surface area contributed by atoms with Gasteiger partial charge in [0.15, 0.2) is 0 Å². The number of rotatable bonds is 5. The highest BCUT2D eigenvalue weighted by molar-refractivity contribution is 5.50. The first-order valence-electron chi connectivity index (χ1n) is 7.88. The lowest BCUT2D eigenvalue weighted by Crippen LogP contribution is -2.59. The second kappa shape index (κ2) is 6.75. The van der Waals surface area contributed by atoms with Crippen LogP contribution in [0.25, 0.3) is 0 Å². The van der Waals surface area contributed by atoms with Crippen LogP contribution in [0.5, 0.6) is 0 Å². The number of halogens is 1. The van der Waals surface area contributed by atoms with Crippen LogP contribution in [0.1, 0.15) is 33.6 Å². The molecule has 0 aliphatic carbocycles. The zero-order valence-electron chi connectivity index (χ0n) is 13.3. The maximum absolute atomic E-state index is 14.2. The van der Waals surface area contributed by atoms with Crippen LogP contribution >= 0.6 is 0 Å². The van der Waals surface area contributed by atoms with Crippen LogP contribution in [0.4, 0.5) is 10.1 Å².